The third-order valence-electron chi connectivity index (χ3n) is 2.64. The summed E-state index contributed by atoms with van der Waals surface area (Å²) < 4.78 is 0. The van der Waals surface area contributed by atoms with Crippen LogP contribution in [0.4, 0.5) is 5.82 Å². The van der Waals surface area contributed by atoms with Gasteiger partial charge in [-0.2, -0.15) is 0 Å². The van der Waals surface area contributed by atoms with Crippen LogP contribution in [-0.2, 0) is 0 Å². The molecule has 1 fully saturated rings. The normalized spacial score (nSPS) is 17.5. The van der Waals surface area contributed by atoms with Gasteiger partial charge in [0.25, 0.3) is 0 Å². The molecule has 0 aliphatic heterocycles. The van der Waals surface area contributed by atoms with Crippen molar-refractivity contribution >= 4 is 5.82 Å². The number of pyridine rings is 1. The van der Waals surface area contributed by atoms with Gasteiger partial charge in [0.15, 0.2) is 0 Å². The molecular formula is C13H14N3O2. The van der Waals surface area contributed by atoms with Crippen molar-refractivity contribution in [2.45, 2.75) is 0 Å². The maximum Gasteiger partial charge on any atom is 0.363 e. The first-order valence-electron chi connectivity index (χ1n) is 5.58. The molecule has 1 aliphatic carbocycles. The second-order valence-electron chi connectivity index (χ2n) is 4.36. The molecule has 93 valence electrons. The summed E-state index contributed by atoms with van der Waals surface area (Å²) in [4.78, 5) is 16.0. The number of nitrogens with zero attached hydrogens (tertiary/aromatic N) is 3. The van der Waals surface area contributed by atoms with E-state index in [0.717, 1.165) is 18.0 Å². The number of nitro groups is 1. The highest BCUT2D eigenvalue weighted by Crippen LogP contribution is 2.38. The van der Waals surface area contributed by atoms with E-state index in [2.05, 4.69) is 16.3 Å². The van der Waals surface area contributed by atoms with Crippen molar-refractivity contribution in [1.29, 1.82) is 0 Å². The Bertz CT molecular complexity index is 417. The zero-order valence-corrected chi connectivity index (χ0v) is 10.3. The molecule has 0 unspecified atom stereocenters. The summed E-state index contributed by atoms with van der Waals surface area (Å²) in [5.74, 6) is 2.14. The van der Waals surface area contributed by atoms with Crippen molar-refractivity contribution in [1.82, 2.24) is 9.88 Å². The van der Waals surface area contributed by atoms with Crippen molar-refractivity contribution in [3.63, 3.8) is 0 Å². The minimum atomic E-state index is -0.491. The fourth-order valence-corrected chi connectivity index (χ4v) is 1.87. The lowest BCUT2D eigenvalue weighted by molar-refractivity contribution is -0.389. The van der Waals surface area contributed by atoms with Crippen LogP contribution in [0, 0.1) is 41.2 Å². The van der Waals surface area contributed by atoms with E-state index in [1.165, 1.54) is 12.0 Å². The van der Waals surface area contributed by atoms with Crippen LogP contribution in [0.25, 0.3) is 0 Å². The highest BCUT2D eigenvalue weighted by atomic mass is 16.6. The van der Waals surface area contributed by atoms with Gasteiger partial charge in [-0.05, 0) is 49.3 Å². The predicted octanol–water partition coefficient (Wildman–Crippen LogP) is 1.67. The molecule has 0 amide bonds. The van der Waals surface area contributed by atoms with Gasteiger partial charge in [-0.3, -0.25) is 0 Å². The first kappa shape index (κ1) is 13.0. The Morgan fingerprint density at radius 3 is 2.67 bits per heavy atom. The molecule has 0 bridgehead atoms. The van der Waals surface area contributed by atoms with E-state index in [1.54, 1.807) is 12.3 Å². The largest absolute Gasteiger partial charge is 0.363 e. The molecular weight excluding hydrogens is 230 g/mol. The summed E-state index contributed by atoms with van der Waals surface area (Å²) in [6, 6.07) is 3.17. The van der Waals surface area contributed by atoms with Crippen LogP contribution in [0.5, 0.6) is 0 Å². The average molecular weight is 244 g/mol. The molecule has 1 heterocycles. The minimum absolute atomic E-state index is 0.125. The SMILES string of the molecule is CN(C)C[C]1[CH][CH][CH][C]1c1ccc([N+](=O)[O-])nc1. The van der Waals surface area contributed by atoms with E-state index in [-0.39, 0.29) is 5.82 Å². The van der Waals surface area contributed by atoms with Gasteiger partial charge in [0.05, 0.1) is 0 Å². The molecule has 1 aromatic rings. The van der Waals surface area contributed by atoms with E-state index < -0.39 is 4.92 Å². The highest BCUT2D eigenvalue weighted by molar-refractivity contribution is 5.55. The molecule has 5 radical (unpaired) electrons. The second-order valence-corrected chi connectivity index (χ2v) is 4.36. The van der Waals surface area contributed by atoms with E-state index in [4.69, 9.17) is 0 Å². The van der Waals surface area contributed by atoms with Gasteiger partial charge in [-0.25, -0.2) is 0 Å². The fourth-order valence-electron chi connectivity index (χ4n) is 1.87. The van der Waals surface area contributed by atoms with Crippen LogP contribution in [0.1, 0.15) is 5.56 Å². The Labute approximate surface area is 107 Å². The molecule has 18 heavy (non-hydrogen) atoms. The predicted molar refractivity (Wildman–Crippen MR) is 67.9 cm³/mol. The van der Waals surface area contributed by atoms with Gasteiger partial charge in [-0.1, -0.05) is 0 Å². The van der Waals surface area contributed by atoms with Crippen molar-refractivity contribution in [2.24, 2.45) is 0 Å². The van der Waals surface area contributed by atoms with Crippen molar-refractivity contribution < 1.29 is 4.92 Å². The second kappa shape index (κ2) is 5.44. The monoisotopic (exact) mass is 244 g/mol. The lowest BCUT2D eigenvalue weighted by Crippen LogP contribution is -2.22. The van der Waals surface area contributed by atoms with Crippen molar-refractivity contribution in [3.05, 3.63) is 65.1 Å². The summed E-state index contributed by atoms with van der Waals surface area (Å²) in [5.41, 5.74) is 0.905. The molecule has 1 aliphatic rings. The van der Waals surface area contributed by atoms with E-state index in [9.17, 15) is 10.1 Å². The Kier molecular flexibility index (Phi) is 3.91. The van der Waals surface area contributed by atoms with Gasteiger partial charge in [0.2, 0.25) is 0 Å². The lowest BCUT2D eigenvalue weighted by Gasteiger charge is -2.21. The molecule has 0 saturated heterocycles. The van der Waals surface area contributed by atoms with Crippen molar-refractivity contribution in [2.75, 3.05) is 20.6 Å². The Morgan fingerprint density at radius 2 is 2.11 bits per heavy atom. The standard InChI is InChI=1S/C13H14N3O2/c1-15(2)9-11-4-3-5-12(11)10-6-7-13(14-8-10)16(17)18/h3-8H,9H2,1-2H3. The van der Waals surface area contributed by atoms with E-state index in [0.29, 0.717) is 0 Å². The van der Waals surface area contributed by atoms with Gasteiger partial charge < -0.3 is 15.0 Å². The third-order valence-corrected chi connectivity index (χ3v) is 2.64. The van der Waals surface area contributed by atoms with E-state index >= 15 is 0 Å². The maximum atomic E-state index is 10.5. The fraction of sp³-hybridized carbons (Fsp3) is 0.231. The molecule has 1 saturated carbocycles. The zero-order valence-electron chi connectivity index (χ0n) is 10.3. The molecule has 0 atom stereocenters. The summed E-state index contributed by atoms with van der Waals surface area (Å²) in [5, 5.41) is 10.5. The third kappa shape index (κ3) is 2.85. The van der Waals surface area contributed by atoms with Gasteiger partial charge >= 0.3 is 5.82 Å². The topological polar surface area (TPSA) is 59.3 Å². The first-order valence-corrected chi connectivity index (χ1v) is 5.58. The summed E-state index contributed by atoms with van der Waals surface area (Å²) in [6.07, 6.45) is 7.58. The molecule has 5 heteroatoms. The maximum absolute atomic E-state index is 10.5. The van der Waals surface area contributed by atoms with Crippen LogP contribution < -0.4 is 0 Å². The van der Waals surface area contributed by atoms with Gasteiger partial charge in [0, 0.05) is 30.0 Å². The van der Waals surface area contributed by atoms with Gasteiger partial charge in [0.1, 0.15) is 6.20 Å². The van der Waals surface area contributed by atoms with Crippen LogP contribution in [0.15, 0.2) is 18.3 Å². The highest BCUT2D eigenvalue weighted by Gasteiger charge is 2.31. The average Bonchev–Trinajstić information content (AvgIpc) is 2.76. The molecule has 5 nitrogen and oxygen atoms in total. The van der Waals surface area contributed by atoms with E-state index in [1.807, 2.05) is 26.9 Å². The lowest BCUT2D eigenvalue weighted by atomic mass is 9.89. The molecule has 0 N–H and O–H groups in total. The molecule has 0 spiro atoms. The van der Waals surface area contributed by atoms with Crippen LogP contribution >= 0.6 is 0 Å². The summed E-state index contributed by atoms with van der Waals surface area (Å²) in [7, 11) is 4.01. The first-order chi connectivity index (χ1) is 8.58. The number of aromatic nitrogens is 1. The number of hydrogen-bond donors (Lipinski definition) is 0. The zero-order chi connectivity index (χ0) is 13.1. The molecule has 0 aromatic carbocycles. The quantitative estimate of drug-likeness (QED) is 0.597. The molecule has 1 aromatic heterocycles. The Hall–Kier alpha value is -1.49. The minimum Gasteiger partial charge on any atom is -0.358 e. The Balaban J connectivity index is 2.12. The molecule has 2 rings (SSSR count). The number of rotatable bonds is 4. The van der Waals surface area contributed by atoms with Crippen LogP contribution in [-0.4, -0.2) is 35.4 Å². The summed E-state index contributed by atoms with van der Waals surface area (Å²) in [6.45, 7) is 0.833. The van der Waals surface area contributed by atoms with Gasteiger partial charge in [-0.15, -0.1) is 0 Å². The van der Waals surface area contributed by atoms with Crippen LogP contribution in [0.2, 0.25) is 0 Å². The number of hydrogen-bond acceptors (Lipinski definition) is 4. The smallest absolute Gasteiger partial charge is 0.358 e. The van der Waals surface area contributed by atoms with Crippen LogP contribution in [0.3, 0.4) is 0 Å². The van der Waals surface area contributed by atoms with Crippen molar-refractivity contribution in [3.8, 4) is 0 Å². The summed E-state index contributed by atoms with van der Waals surface area (Å²) >= 11 is 0. The Morgan fingerprint density at radius 1 is 1.33 bits per heavy atom.